The predicted octanol–water partition coefficient (Wildman–Crippen LogP) is 2.51. The molecule has 0 aromatic heterocycles. The summed E-state index contributed by atoms with van der Waals surface area (Å²) >= 11 is 6.14. The Bertz CT molecular complexity index is 671. The van der Waals surface area contributed by atoms with Gasteiger partial charge in [-0.3, -0.25) is 0 Å². The molecule has 0 unspecified atom stereocenters. The van der Waals surface area contributed by atoms with E-state index in [2.05, 4.69) is 4.99 Å². The summed E-state index contributed by atoms with van der Waals surface area (Å²) in [5.74, 6) is 0.0804. The number of guanidine groups is 1. The minimum atomic E-state index is -0.0528. The van der Waals surface area contributed by atoms with E-state index in [-0.39, 0.29) is 11.7 Å². The smallest absolute Gasteiger partial charge is 0.191 e. The average molecular weight is 291 g/mol. The topological polar surface area (TPSA) is 111 Å². The molecule has 104 valence electrons. The molecule has 2 aromatic carbocycles. The number of aryl methyl sites for hydroxylation is 1. The zero-order valence-electron chi connectivity index (χ0n) is 10.9. The number of nitrogens with two attached hydrogens (primary N) is 3. The van der Waals surface area contributed by atoms with E-state index < -0.39 is 0 Å². The highest BCUT2D eigenvalue weighted by atomic mass is 35.5. The predicted molar refractivity (Wildman–Crippen MR) is 83.2 cm³/mol. The van der Waals surface area contributed by atoms with Gasteiger partial charge in [0.2, 0.25) is 0 Å². The summed E-state index contributed by atoms with van der Waals surface area (Å²) in [6, 6.07) is 8.31. The molecule has 0 amide bonds. The quantitative estimate of drug-likeness (QED) is 0.387. The van der Waals surface area contributed by atoms with Crippen LogP contribution in [0.2, 0.25) is 5.02 Å². The highest BCUT2D eigenvalue weighted by Crippen LogP contribution is 2.36. The van der Waals surface area contributed by atoms with Crippen molar-refractivity contribution in [2.45, 2.75) is 6.92 Å². The van der Waals surface area contributed by atoms with Gasteiger partial charge in [0, 0.05) is 10.6 Å². The summed E-state index contributed by atoms with van der Waals surface area (Å²) < 4.78 is 0. The summed E-state index contributed by atoms with van der Waals surface area (Å²) in [5, 5.41) is 10.1. The van der Waals surface area contributed by atoms with Gasteiger partial charge in [0.05, 0.1) is 11.4 Å². The first-order valence-corrected chi connectivity index (χ1v) is 6.25. The van der Waals surface area contributed by atoms with Crippen LogP contribution < -0.4 is 17.2 Å². The standard InChI is InChI=1S/C14H15ClN4O/c1-7-4-8(5-12(16)13(7)19-14(17)18)10-6-9(20)2-3-11(10)15/h2-6,20H,16H2,1H3,(H4,17,18,19). The number of hydrogen-bond acceptors (Lipinski definition) is 3. The number of phenols is 1. The van der Waals surface area contributed by atoms with E-state index in [1.807, 2.05) is 13.0 Å². The number of aliphatic imine (C=N–C) groups is 1. The molecule has 0 saturated heterocycles. The first kappa shape index (κ1) is 14.0. The van der Waals surface area contributed by atoms with Gasteiger partial charge in [-0.2, -0.15) is 0 Å². The lowest BCUT2D eigenvalue weighted by Crippen LogP contribution is -2.22. The van der Waals surface area contributed by atoms with Crippen molar-refractivity contribution < 1.29 is 5.11 Å². The maximum absolute atomic E-state index is 9.57. The molecule has 0 atom stereocenters. The van der Waals surface area contributed by atoms with Crippen molar-refractivity contribution in [2.75, 3.05) is 5.73 Å². The number of nitrogens with zero attached hydrogens (tertiary/aromatic N) is 1. The fraction of sp³-hybridized carbons (Fsp3) is 0.0714. The molecule has 6 heteroatoms. The maximum Gasteiger partial charge on any atom is 0.191 e. The van der Waals surface area contributed by atoms with E-state index in [0.717, 1.165) is 11.1 Å². The van der Waals surface area contributed by atoms with E-state index in [0.29, 0.717) is 22.0 Å². The average Bonchev–Trinajstić information content (AvgIpc) is 2.36. The lowest BCUT2D eigenvalue weighted by atomic mass is 10.0. The number of halogens is 1. The molecule has 0 aliphatic heterocycles. The lowest BCUT2D eigenvalue weighted by molar-refractivity contribution is 0.475. The summed E-state index contributed by atoms with van der Waals surface area (Å²) in [5.41, 5.74) is 20.0. The normalized spacial score (nSPS) is 10.3. The van der Waals surface area contributed by atoms with Crippen LogP contribution in [-0.2, 0) is 0 Å². The van der Waals surface area contributed by atoms with Crippen LogP contribution in [0.4, 0.5) is 11.4 Å². The van der Waals surface area contributed by atoms with Gasteiger partial charge in [0.15, 0.2) is 5.96 Å². The van der Waals surface area contributed by atoms with E-state index in [4.69, 9.17) is 28.8 Å². The van der Waals surface area contributed by atoms with Crippen molar-refractivity contribution in [1.82, 2.24) is 0 Å². The van der Waals surface area contributed by atoms with Crippen LogP contribution in [0.25, 0.3) is 11.1 Å². The van der Waals surface area contributed by atoms with Crippen LogP contribution in [0.5, 0.6) is 5.75 Å². The Labute approximate surface area is 121 Å². The third-order valence-corrected chi connectivity index (χ3v) is 3.16. The summed E-state index contributed by atoms with van der Waals surface area (Å²) in [7, 11) is 0. The van der Waals surface area contributed by atoms with Gasteiger partial charge in [0.25, 0.3) is 0 Å². The Morgan fingerprint density at radius 3 is 2.50 bits per heavy atom. The number of hydrogen-bond donors (Lipinski definition) is 4. The molecule has 0 saturated carbocycles. The number of nitrogen functional groups attached to an aromatic ring is 1. The maximum atomic E-state index is 9.57. The highest BCUT2D eigenvalue weighted by Gasteiger charge is 2.10. The summed E-state index contributed by atoms with van der Waals surface area (Å²) in [6.07, 6.45) is 0. The Hall–Kier alpha value is -2.40. The molecule has 0 radical (unpaired) electrons. The third-order valence-electron chi connectivity index (χ3n) is 2.83. The zero-order chi connectivity index (χ0) is 14.9. The minimum Gasteiger partial charge on any atom is -0.508 e. The lowest BCUT2D eigenvalue weighted by Gasteiger charge is -2.11. The summed E-state index contributed by atoms with van der Waals surface area (Å²) in [4.78, 5) is 4.00. The van der Waals surface area contributed by atoms with Crippen molar-refractivity contribution >= 4 is 28.9 Å². The first-order valence-electron chi connectivity index (χ1n) is 5.87. The fourth-order valence-electron chi connectivity index (χ4n) is 1.98. The largest absolute Gasteiger partial charge is 0.508 e. The molecule has 2 rings (SSSR count). The molecule has 0 aliphatic rings. The second kappa shape index (κ2) is 5.30. The highest BCUT2D eigenvalue weighted by molar-refractivity contribution is 6.33. The number of rotatable bonds is 2. The van der Waals surface area contributed by atoms with E-state index in [1.165, 1.54) is 6.07 Å². The molecule has 20 heavy (non-hydrogen) atoms. The van der Waals surface area contributed by atoms with Gasteiger partial charge in [-0.25, -0.2) is 4.99 Å². The van der Waals surface area contributed by atoms with Crippen LogP contribution in [0.1, 0.15) is 5.56 Å². The molecular weight excluding hydrogens is 276 g/mol. The van der Waals surface area contributed by atoms with Crippen LogP contribution in [0.3, 0.4) is 0 Å². The van der Waals surface area contributed by atoms with Gasteiger partial charge in [-0.05, 0) is 48.4 Å². The second-order valence-electron chi connectivity index (χ2n) is 4.43. The number of benzene rings is 2. The number of anilines is 1. The molecule has 0 fully saturated rings. The van der Waals surface area contributed by atoms with Crippen molar-refractivity contribution in [3.05, 3.63) is 40.9 Å². The molecule has 5 nitrogen and oxygen atoms in total. The summed E-state index contributed by atoms with van der Waals surface area (Å²) in [6.45, 7) is 1.85. The molecule has 2 aromatic rings. The Balaban J connectivity index is 2.61. The van der Waals surface area contributed by atoms with Gasteiger partial charge in [0.1, 0.15) is 5.75 Å². The Kier molecular flexibility index (Phi) is 3.72. The van der Waals surface area contributed by atoms with Gasteiger partial charge in [-0.1, -0.05) is 11.6 Å². The van der Waals surface area contributed by atoms with E-state index in [1.54, 1.807) is 18.2 Å². The molecule has 0 heterocycles. The van der Waals surface area contributed by atoms with E-state index >= 15 is 0 Å². The van der Waals surface area contributed by atoms with Gasteiger partial charge in [-0.15, -0.1) is 0 Å². The van der Waals surface area contributed by atoms with Crippen molar-refractivity contribution in [2.24, 2.45) is 16.5 Å². The monoisotopic (exact) mass is 290 g/mol. The molecular formula is C14H15ClN4O. The SMILES string of the molecule is Cc1cc(-c2cc(O)ccc2Cl)cc(N)c1N=C(N)N. The van der Waals surface area contributed by atoms with Crippen LogP contribution >= 0.6 is 11.6 Å². The first-order chi connectivity index (χ1) is 9.38. The second-order valence-corrected chi connectivity index (χ2v) is 4.84. The molecule has 0 aliphatic carbocycles. The van der Waals surface area contributed by atoms with E-state index in [9.17, 15) is 5.11 Å². The Morgan fingerprint density at radius 1 is 1.20 bits per heavy atom. The van der Waals surface area contributed by atoms with Crippen LogP contribution in [-0.4, -0.2) is 11.1 Å². The van der Waals surface area contributed by atoms with Gasteiger partial charge >= 0.3 is 0 Å². The van der Waals surface area contributed by atoms with Gasteiger partial charge < -0.3 is 22.3 Å². The van der Waals surface area contributed by atoms with Crippen molar-refractivity contribution in [3.8, 4) is 16.9 Å². The fourth-order valence-corrected chi connectivity index (χ4v) is 2.21. The molecule has 0 spiro atoms. The molecule has 7 N–H and O–H groups in total. The molecule has 0 bridgehead atoms. The number of phenolic OH excluding ortho intramolecular Hbond substituents is 1. The minimum absolute atomic E-state index is 0.0528. The third kappa shape index (κ3) is 2.78. The zero-order valence-corrected chi connectivity index (χ0v) is 11.6. The Morgan fingerprint density at radius 2 is 1.90 bits per heavy atom. The van der Waals surface area contributed by atoms with Crippen LogP contribution in [0, 0.1) is 6.92 Å². The van der Waals surface area contributed by atoms with Crippen LogP contribution in [0.15, 0.2) is 35.3 Å². The number of aromatic hydroxyl groups is 1. The van der Waals surface area contributed by atoms with Crippen molar-refractivity contribution in [3.63, 3.8) is 0 Å². The van der Waals surface area contributed by atoms with Crippen molar-refractivity contribution in [1.29, 1.82) is 0 Å².